The molecule has 1 atom stereocenters. The Morgan fingerprint density at radius 2 is 2.05 bits per heavy atom. The number of hydrogen-bond donors (Lipinski definition) is 1. The zero-order valence-electron chi connectivity index (χ0n) is 12.4. The van der Waals surface area contributed by atoms with E-state index in [1.807, 2.05) is 0 Å². The maximum absolute atomic E-state index is 13.7. The summed E-state index contributed by atoms with van der Waals surface area (Å²) < 4.78 is 18.8. The maximum Gasteiger partial charge on any atom is 0.408 e. The third kappa shape index (κ3) is 3.71. The number of nitrogens with one attached hydrogen (secondary N) is 1. The van der Waals surface area contributed by atoms with E-state index < -0.39 is 23.6 Å². The number of carbonyl (C=O) groups excluding carboxylic acids is 2. The topological polar surface area (TPSA) is 58.6 Å². The van der Waals surface area contributed by atoms with E-state index >= 15 is 0 Å². The summed E-state index contributed by atoms with van der Waals surface area (Å²) in [5.41, 5.74) is -0.396. The zero-order valence-corrected chi connectivity index (χ0v) is 12.4. The zero-order chi connectivity index (χ0) is 15.6. The number of carbonyl (C=O) groups is 2. The van der Waals surface area contributed by atoms with Crippen molar-refractivity contribution < 1.29 is 18.7 Å². The number of alkyl carbamates (subject to hydrolysis) is 1. The molecule has 0 spiro atoms. The molecule has 0 bridgehead atoms. The van der Waals surface area contributed by atoms with E-state index in [9.17, 15) is 14.0 Å². The van der Waals surface area contributed by atoms with Crippen molar-refractivity contribution in [1.29, 1.82) is 0 Å². The van der Waals surface area contributed by atoms with Crippen LogP contribution in [0.5, 0.6) is 0 Å². The molecule has 2 rings (SSSR count). The number of hydrogen-bond acceptors (Lipinski definition) is 3. The van der Waals surface area contributed by atoms with Gasteiger partial charge in [0.1, 0.15) is 17.5 Å². The molecule has 1 aromatic rings. The summed E-state index contributed by atoms with van der Waals surface area (Å²) >= 11 is 0. The van der Waals surface area contributed by atoms with E-state index in [-0.39, 0.29) is 11.6 Å². The van der Waals surface area contributed by atoms with Crippen molar-refractivity contribution in [3.8, 4) is 0 Å². The van der Waals surface area contributed by atoms with Crippen LogP contribution in [0.15, 0.2) is 24.3 Å². The molecule has 1 aromatic carbocycles. The van der Waals surface area contributed by atoms with Gasteiger partial charge in [-0.1, -0.05) is 12.1 Å². The largest absolute Gasteiger partial charge is 0.444 e. The molecule has 1 unspecified atom stereocenters. The van der Waals surface area contributed by atoms with Gasteiger partial charge >= 0.3 is 6.09 Å². The molecular weight excluding hydrogens is 275 g/mol. The molecule has 5 nitrogen and oxygen atoms in total. The number of amides is 2. The van der Waals surface area contributed by atoms with Crippen LogP contribution in [0.2, 0.25) is 0 Å². The van der Waals surface area contributed by atoms with Crippen molar-refractivity contribution in [2.24, 2.45) is 0 Å². The molecular formula is C15H19FN2O3. The molecule has 0 radical (unpaired) electrons. The van der Waals surface area contributed by atoms with Crippen LogP contribution in [0.4, 0.5) is 14.9 Å². The van der Waals surface area contributed by atoms with Crippen LogP contribution < -0.4 is 10.2 Å². The molecule has 0 aromatic heterocycles. The van der Waals surface area contributed by atoms with Crippen LogP contribution in [-0.4, -0.2) is 30.2 Å². The van der Waals surface area contributed by atoms with E-state index in [4.69, 9.17) is 4.74 Å². The first-order valence-corrected chi connectivity index (χ1v) is 6.83. The summed E-state index contributed by atoms with van der Waals surface area (Å²) in [5.74, 6) is -0.783. The van der Waals surface area contributed by atoms with Gasteiger partial charge in [0.25, 0.3) is 0 Å². The number of rotatable bonds is 2. The molecule has 1 aliphatic heterocycles. The van der Waals surface area contributed by atoms with E-state index in [0.29, 0.717) is 13.0 Å². The quantitative estimate of drug-likeness (QED) is 0.911. The second-order valence-electron chi connectivity index (χ2n) is 5.93. The highest BCUT2D eigenvalue weighted by molar-refractivity contribution is 6.00. The van der Waals surface area contributed by atoms with Crippen molar-refractivity contribution in [2.45, 2.75) is 38.8 Å². The highest BCUT2D eigenvalue weighted by Crippen LogP contribution is 2.24. The summed E-state index contributed by atoms with van der Waals surface area (Å²) in [6.45, 7) is 5.60. The lowest BCUT2D eigenvalue weighted by molar-refractivity contribution is -0.118. The first kappa shape index (κ1) is 15.3. The summed E-state index contributed by atoms with van der Waals surface area (Å²) in [6, 6.07) is 5.40. The Balaban J connectivity index is 2.02. The number of halogens is 1. The molecule has 0 saturated carbocycles. The predicted molar refractivity (Wildman–Crippen MR) is 76.5 cm³/mol. The van der Waals surface area contributed by atoms with Crippen molar-refractivity contribution in [2.75, 3.05) is 11.4 Å². The first-order valence-electron chi connectivity index (χ1n) is 6.83. The number of nitrogens with zero attached hydrogens (tertiary/aromatic N) is 1. The van der Waals surface area contributed by atoms with Crippen molar-refractivity contribution in [1.82, 2.24) is 5.32 Å². The van der Waals surface area contributed by atoms with Gasteiger partial charge < -0.3 is 15.0 Å². The summed E-state index contributed by atoms with van der Waals surface area (Å²) in [4.78, 5) is 25.3. The Hall–Kier alpha value is -2.11. The van der Waals surface area contributed by atoms with E-state index in [1.54, 1.807) is 39.0 Å². The molecule has 114 valence electrons. The van der Waals surface area contributed by atoms with Gasteiger partial charge in [-0.25, -0.2) is 9.18 Å². The standard InChI is InChI=1S/C15H19FN2O3/c1-15(2,3)21-14(20)17-11-8-9-18(13(11)19)12-7-5-4-6-10(12)16/h4-7,11H,8-9H2,1-3H3,(H,17,20). The molecule has 1 fully saturated rings. The fourth-order valence-electron chi connectivity index (χ4n) is 2.17. The molecule has 1 saturated heterocycles. The summed E-state index contributed by atoms with van der Waals surface area (Å²) in [6.07, 6.45) is -0.219. The first-order chi connectivity index (χ1) is 9.78. The van der Waals surface area contributed by atoms with Gasteiger partial charge in [-0.05, 0) is 39.3 Å². The van der Waals surface area contributed by atoms with Crippen molar-refractivity contribution >= 4 is 17.7 Å². The van der Waals surface area contributed by atoms with Gasteiger partial charge in [0.15, 0.2) is 0 Å². The summed E-state index contributed by atoms with van der Waals surface area (Å²) in [7, 11) is 0. The molecule has 1 N–H and O–H groups in total. The lowest BCUT2D eigenvalue weighted by atomic mass is 10.2. The highest BCUT2D eigenvalue weighted by atomic mass is 19.1. The van der Waals surface area contributed by atoms with E-state index in [0.717, 1.165) is 0 Å². The Morgan fingerprint density at radius 3 is 2.67 bits per heavy atom. The van der Waals surface area contributed by atoms with Crippen LogP contribution in [0, 0.1) is 5.82 Å². The van der Waals surface area contributed by atoms with Crippen LogP contribution in [0.25, 0.3) is 0 Å². The lowest BCUT2D eigenvalue weighted by Crippen LogP contribution is -2.43. The second kappa shape index (κ2) is 5.71. The number of ether oxygens (including phenoxy) is 1. The molecule has 2 amide bonds. The third-order valence-electron chi connectivity index (χ3n) is 3.04. The maximum atomic E-state index is 13.7. The molecule has 0 aliphatic carbocycles. The molecule has 21 heavy (non-hydrogen) atoms. The smallest absolute Gasteiger partial charge is 0.408 e. The third-order valence-corrected chi connectivity index (χ3v) is 3.04. The predicted octanol–water partition coefficient (Wildman–Crippen LogP) is 2.46. The Morgan fingerprint density at radius 1 is 1.38 bits per heavy atom. The normalized spacial score (nSPS) is 18.8. The minimum atomic E-state index is -0.681. The monoisotopic (exact) mass is 294 g/mol. The van der Waals surface area contributed by atoms with Gasteiger partial charge in [0.2, 0.25) is 5.91 Å². The van der Waals surface area contributed by atoms with Crippen molar-refractivity contribution in [3.05, 3.63) is 30.1 Å². The molecule has 1 aliphatic rings. The van der Waals surface area contributed by atoms with E-state index in [1.165, 1.54) is 11.0 Å². The van der Waals surface area contributed by atoms with Gasteiger partial charge in [-0.15, -0.1) is 0 Å². The van der Waals surface area contributed by atoms with E-state index in [2.05, 4.69) is 5.32 Å². The van der Waals surface area contributed by atoms with Gasteiger partial charge in [0, 0.05) is 6.54 Å². The average Bonchev–Trinajstić information content (AvgIpc) is 2.69. The lowest BCUT2D eigenvalue weighted by Gasteiger charge is -2.21. The van der Waals surface area contributed by atoms with Gasteiger partial charge in [-0.3, -0.25) is 4.79 Å². The van der Waals surface area contributed by atoms with Crippen LogP contribution in [0.3, 0.4) is 0 Å². The SMILES string of the molecule is CC(C)(C)OC(=O)NC1CCN(c2ccccc2F)C1=O. The highest BCUT2D eigenvalue weighted by Gasteiger charge is 2.35. The Bertz CT molecular complexity index is 554. The van der Waals surface area contributed by atoms with Gasteiger partial charge in [0.05, 0.1) is 5.69 Å². The minimum absolute atomic E-state index is 0.232. The number of benzene rings is 1. The molecule has 1 heterocycles. The fourth-order valence-corrected chi connectivity index (χ4v) is 2.17. The van der Waals surface area contributed by atoms with Crippen LogP contribution in [0.1, 0.15) is 27.2 Å². The van der Waals surface area contributed by atoms with Gasteiger partial charge in [-0.2, -0.15) is 0 Å². The van der Waals surface area contributed by atoms with Crippen molar-refractivity contribution in [3.63, 3.8) is 0 Å². The second-order valence-corrected chi connectivity index (χ2v) is 5.93. The number of para-hydroxylation sites is 1. The minimum Gasteiger partial charge on any atom is -0.444 e. The average molecular weight is 294 g/mol. The Kier molecular flexibility index (Phi) is 4.16. The number of anilines is 1. The summed E-state index contributed by atoms with van der Waals surface area (Å²) in [5, 5.41) is 2.53. The Labute approximate surface area is 123 Å². The fraction of sp³-hybridized carbons (Fsp3) is 0.467. The molecule has 6 heteroatoms. The van der Waals surface area contributed by atoms with Crippen LogP contribution in [-0.2, 0) is 9.53 Å². The van der Waals surface area contributed by atoms with Crippen LogP contribution >= 0.6 is 0 Å².